The van der Waals surface area contributed by atoms with E-state index >= 15 is 0 Å². The summed E-state index contributed by atoms with van der Waals surface area (Å²) in [6.07, 6.45) is 6.19. The monoisotopic (exact) mass is 548 g/mol. The van der Waals surface area contributed by atoms with Gasteiger partial charge in [-0.15, -0.1) is 11.6 Å². The number of H-pyrrole nitrogens is 1. The minimum absolute atomic E-state index is 0. The molecule has 0 unspecified atom stereocenters. The molecule has 2 heterocycles. The zero-order chi connectivity index (χ0) is 24.4. The first kappa shape index (κ1) is 35.7. The largest absolute Gasteiger partial charge is 1.00 e. The first-order chi connectivity index (χ1) is 16.2. The molecule has 2 aromatic heterocycles. The smallest absolute Gasteiger partial charge is 0.194 e. The summed E-state index contributed by atoms with van der Waals surface area (Å²) in [6, 6.07) is 12.0. The average molecular weight is 550 g/mol. The van der Waals surface area contributed by atoms with Crippen molar-refractivity contribution in [3.8, 4) is 0 Å². The summed E-state index contributed by atoms with van der Waals surface area (Å²) in [6.45, 7) is 14.5. The van der Waals surface area contributed by atoms with Gasteiger partial charge in [0, 0.05) is 49.5 Å². The Morgan fingerprint density at radius 2 is 1.65 bits per heavy atom. The van der Waals surface area contributed by atoms with Crippen LogP contribution in [0.3, 0.4) is 0 Å². The Hall–Kier alpha value is -0.500. The Kier molecular flexibility index (Phi) is 30.1. The standard InChI is InChI=1S/C13H22N2S.C7H17NS.C6H6ClN.ClH/c1-3-9-15(10-11-16-4-2)12-13-7-5-6-8-14-13;1-3-5-8-6-7-9-4-2;7-5-6-3-1-2-4-8-6;/h5-8H,3-4,9-12H2,1-2H3;8H,3-7H2,1-2H3;1-4H,5H2;1H. The molecular weight excluding hydrogens is 503 g/mol. The fourth-order valence-corrected chi connectivity index (χ4v) is 4.17. The summed E-state index contributed by atoms with van der Waals surface area (Å²) in [5.74, 6) is 5.50. The van der Waals surface area contributed by atoms with Gasteiger partial charge in [-0.3, -0.25) is 9.88 Å². The van der Waals surface area contributed by atoms with Crippen molar-refractivity contribution in [1.82, 2.24) is 15.2 Å². The van der Waals surface area contributed by atoms with Crippen LogP contribution < -0.4 is 22.7 Å². The van der Waals surface area contributed by atoms with E-state index in [1.807, 2.05) is 60.2 Å². The van der Waals surface area contributed by atoms with Gasteiger partial charge in [-0.25, -0.2) is 4.98 Å². The Balaban J connectivity index is 0. The number of pyridine rings is 2. The topological polar surface area (TPSA) is 42.3 Å². The van der Waals surface area contributed by atoms with E-state index < -0.39 is 0 Å². The van der Waals surface area contributed by atoms with E-state index in [0.29, 0.717) is 5.88 Å². The summed E-state index contributed by atoms with van der Waals surface area (Å²) < 4.78 is 0. The third-order valence-corrected chi connectivity index (χ3v) is 6.45. The van der Waals surface area contributed by atoms with Crippen LogP contribution in [-0.2, 0) is 12.4 Å². The minimum Gasteiger partial charge on any atom is -1.00 e. The molecule has 0 atom stereocenters. The van der Waals surface area contributed by atoms with Crippen LogP contribution in [0.25, 0.3) is 0 Å². The number of nitrogens with zero attached hydrogens (tertiary/aromatic N) is 2. The number of alkyl halides is 1. The molecular formula is C26H46Cl2N4S2. The highest BCUT2D eigenvalue weighted by atomic mass is 35.5. The number of rotatable bonds is 15. The highest BCUT2D eigenvalue weighted by Crippen LogP contribution is 2.05. The summed E-state index contributed by atoms with van der Waals surface area (Å²) in [4.78, 5) is 9.86. The molecule has 0 bridgehead atoms. The van der Waals surface area contributed by atoms with Crippen molar-refractivity contribution in [2.45, 2.75) is 53.0 Å². The van der Waals surface area contributed by atoms with Crippen molar-refractivity contribution in [2.24, 2.45) is 0 Å². The number of thioether (sulfide) groups is 2. The van der Waals surface area contributed by atoms with E-state index in [-0.39, 0.29) is 12.4 Å². The van der Waals surface area contributed by atoms with Gasteiger partial charge in [0.05, 0.1) is 5.69 Å². The van der Waals surface area contributed by atoms with Crippen LogP contribution in [0.2, 0.25) is 0 Å². The Morgan fingerprint density at radius 3 is 2.18 bits per heavy atom. The fourth-order valence-electron chi connectivity index (χ4n) is 2.75. The summed E-state index contributed by atoms with van der Waals surface area (Å²) >= 11 is 9.50. The number of hydrogen-bond donors (Lipinski definition) is 1. The lowest BCUT2D eigenvalue weighted by atomic mass is 10.3. The molecule has 0 aliphatic rings. The number of hydrogen-bond acceptors (Lipinski definition) is 5. The maximum absolute atomic E-state index is 5.50. The van der Waals surface area contributed by atoms with Gasteiger partial charge in [0.2, 0.25) is 0 Å². The molecule has 8 heteroatoms. The lowest BCUT2D eigenvalue weighted by Gasteiger charge is -2.20. The van der Waals surface area contributed by atoms with Gasteiger partial charge >= 0.3 is 0 Å². The first-order valence-electron chi connectivity index (χ1n) is 12.2. The van der Waals surface area contributed by atoms with E-state index in [2.05, 4.69) is 60.0 Å². The highest BCUT2D eigenvalue weighted by Gasteiger charge is 2.05. The van der Waals surface area contributed by atoms with Crippen molar-refractivity contribution < 1.29 is 17.4 Å². The van der Waals surface area contributed by atoms with Crippen molar-refractivity contribution in [3.05, 3.63) is 60.2 Å². The molecule has 0 fully saturated rings. The molecule has 4 nitrogen and oxygen atoms in total. The maximum atomic E-state index is 5.50. The normalized spacial score (nSPS) is 9.94. The third-order valence-electron chi connectivity index (χ3n) is 4.38. The molecule has 196 valence electrons. The van der Waals surface area contributed by atoms with Crippen molar-refractivity contribution in [3.63, 3.8) is 0 Å². The molecule has 2 N–H and O–H groups in total. The summed E-state index contributed by atoms with van der Waals surface area (Å²) in [5, 5.41) is 3.35. The van der Waals surface area contributed by atoms with Gasteiger partial charge in [-0.2, -0.15) is 23.5 Å². The lowest BCUT2D eigenvalue weighted by molar-refractivity contribution is -0.388. The van der Waals surface area contributed by atoms with Crippen LogP contribution in [0.1, 0.15) is 51.9 Å². The van der Waals surface area contributed by atoms with Gasteiger partial charge in [0.15, 0.2) is 11.9 Å². The van der Waals surface area contributed by atoms with Gasteiger partial charge in [0.1, 0.15) is 5.88 Å². The molecule has 0 amide bonds. The van der Waals surface area contributed by atoms with E-state index in [4.69, 9.17) is 11.6 Å². The zero-order valence-electron chi connectivity index (χ0n) is 21.6. The number of halogens is 2. The minimum atomic E-state index is 0. The average Bonchev–Trinajstić information content (AvgIpc) is 2.86. The van der Waals surface area contributed by atoms with Crippen LogP contribution in [0.15, 0.2) is 48.8 Å². The summed E-state index contributed by atoms with van der Waals surface area (Å²) in [5.41, 5.74) is 2.23. The van der Waals surface area contributed by atoms with Crippen LogP contribution in [0, 0.1) is 0 Å². The van der Waals surface area contributed by atoms with Gasteiger partial charge in [0.25, 0.3) is 0 Å². The molecule has 0 radical (unpaired) electrons. The van der Waals surface area contributed by atoms with Gasteiger partial charge in [-0.05, 0) is 49.6 Å². The predicted molar refractivity (Wildman–Crippen MR) is 152 cm³/mol. The molecule has 0 aliphatic carbocycles. The van der Waals surface area contributed by atoms with Gasteiger partial charge < -0.3 is 17.7 Å². The first-order valence-corrected chi connectivity index (χ1v) is 15.1. The van der Waals surface area contributed by atoms with E-state index in [1.165, 1.54) is 67.7 Å². The van der Waals surface area contributed by atoms with Crippen LogP contribution >= 0.6 is 35.1 Å². The van der Waals surface area contributed by atoms with Crippen molar-refractivity contribution >= 4 is 35.1 Å². The van der Waals surface area contributed by atoms with Crippen molar-refractivity contribution in [1.29, 1.82) is 0 Å². The molecule has 2 aromatic rings. The summed E-state index contributed by atoms with van der Waals surface area (Å²) in [7, 11) is 0. The van der Waals surface area contributed by atoms with E-state index in [1.54, 1.807) is 0 Å². The second kappa shape index (κ2) is 28.7. The van der Waals surface area contributed by atoms with E-state index in [0.717, 1.165) is 12.2 Å². The number of aromatic nitrogens is 2. The van der Waals surface area contributed by atoms with Crippen molar-refractivity contribution in [2.75, 3.05) is 49.2 Å². The Labute approximate surface area is 229 Å². The molecule has 0 saturated heterocycles. The van der Waals surface area contributed by atoms with Crippen LogP contribution in [0.5, 0.6) is 0 Å². The SMILES string of the molecule is CCCN(CCSCC)Cc1ccccn1.CCCNCCSCC.ClCc1cccc[nH+]1.[Cl-]. The van der Waals surface area contributed by atoms with Gasteiger partial charge in [-0.1, -0.05) is 39.8 Å². The molecule has 0 aromatic carbocycles. The predicted octanol–water partition coefficient (Wildman–Crippen LogP) is 3.03. The second-order valence-electron chi connectivity index (χ2n) is 7.26. The number of nitrogens with one attached hydrogen (secondary N) is 2. The van der Waals surface area contributed by atoms with E-state index in [9.17, 15) is 0 Å². The quantitative estimate of drug-likeness (QED) is 0.273. The number of aromatic amines is 1. The Bertz CT molecular complexity index is 619. The molecule has 2 rings (SSSR count). The zero-order valence-corrected chi connectivity index (χ0v) is 24.7. The second-order valence-corrected chi connectivity index (χ2v) is 10.3. The highest BCUT2D eigenvalue weighted by molar-refractivity contribution is 7.99. The van der Waals surface area contributed by atoms with Crippen LogP contribution in [0.4, 0.5) is 0 Å². The molecule has 34 heavy (non-hydrogen) atoms. The molecule has 0 saturated carbocycles. The maximum Gasteiger partial charge on any atom is 0.194 e. The lowest BCUT2D eigenvalue weighted by Crippen LogP contribution is -3.00. The molecule has 0 aliphatic heterocycles. The fraction of sp³-hybridized carbons (Fsp3) is 0.615. The molecule has 0 spiro atoms. The third kappa shape index (κ3) is 23.3. The Morgan fingerprint density at radius 1 is 0.912 bits per heavy atom. The van der Waals surface area contributed by atoms with Crippen LogP contribution in [-0.4, -0.2) is 59.1 Å².